The van der Waals surface area contributed by atoms with Gasteiger partial charge in [0, 0.05) is 30.2 Å². The normalized spacial score (nSPS) is 10.6. The molecule has 28 heavy (non-hydrogen) atoms. The van der Waals surface area contributed by atoms with Gasteiger partial charge in [0.15, 0.2) is 0 Å². The first-order valence-electron chi connectivity index (χ1n) is 9.33. The third-order valence-corrected chi connectivity index (χ3v) is 4.75. The van der Waals surface area contributed by atoms with Gasteiger partial charge in [0.1, 0.15) is 0 Å². The Morgan fingerprint density at radius 3 is 2.82 bits per heavy atom. The maximum atomic E-state index is 12.5. The number of aryl methyl sites for hydroxylation is 2. The van der Waals surface area contributed by atoms with Crippen molar-refractivity contribution in [2.45, 2.75) is 46.2 Å². The van der Waals surface area contributed by atoms with E-state index < -0.39 is 0 Å². The van der Waals surface area contributed by atoms with E-state index in [9.17, 15) is 4.79 Å². The smallest absolute Gasteiger partial charge is 0.224 e. The lowest BCUT2D eigenvalue weighted by Gasteiger charge is -2.11. The van der Waals surface area contributed by atoms with Crippen LogP contribution in [0.4, 0.5) is 5.69 Å². The Labute approximate surface area is 164 Å². The molecule has 1 N–H and O–H groups in total. The van der Waals surface area contributed by atoms with Gasteiger partial charge < -0.3 is 5.32 Å². The van der Waals surface area contributed by atoms with E-state index in [0.29, 0.717) is 32.4 Å². The summed E-state index contributed by atoms with van der Waals surface area (Å²) in [6.07, 6.45) is 5.06. The summed E-state index contributed by atoms with van der Waals surface area (Å²) in [5.74, 6) is -0.0310. The van der Waals surface area contributed by atoms with E-state index in [1.165, 1.54) is 0 Å². The fourth-order valence-corrected chi connectivity index (χ4v) is 3.27. The lowest BCUT2D eigenvalue weighted by Crippen LogP contribution is -2.15. The Balaban J connectivity index is 1.63. The summed E-state index contributed by atoms with van der Waals surface area (Å²) in [6, 6.07) is 11.8. The van der Waals surface area contributed by atoms with Crippen molar-refractivity contribution in [3.05, 3.63) is 65.2 Å². The number of aromatic nitrogens is 4. The molecular formula is C21H24N6O. The zero-order valence-electron chi connectivity index (χ0n) is 16.2. The molecule has 0 aliphatic heterocycles. The molecule has 0 bridgehead atoms. The first kappa shape index (κ1) is 19.4. The third-order valence-electron chi connectivity index (χ3n) is 4.75. The molecule has 0 radical (unpaired) electrons. The molecule has 3 aromatic rings. The number of hydrogen-bond acceptors (Lipinski definition) is 4. The fourth-order valence-electron chi connectivity index (χ4n) is 3.27. The number of amides is 1. The van der Waals surface area contributed by atoms with Gasteiger partial charge >= 0.3 is 0 Å². The van der Waals surface area contributed by atoms with Crippen LogP contribution in [-0.2, 0) is 24.3 Å². The van der Waals surface area contributed by atoms with Crippen molar-refractivity contribution >= 4 is 11.6 Å². The molecular weight excluding hydrogens is 352 g/mol. The minimum Gasteiger partial charge on any atom is -0.326 e. The van der Waals surface area contributed by atoms with Crippen molar-refractivity contribution < 1.29 is 4.79 Å². The van der Waals surface area contributed by atoms with E-state index in [0.717, 1.165) is 28.2 Å². The molecule has 1 amide bonds. The number of hydrogen-bond donors (Lipinski definition) is 1. The Kier molecular flexibility index (Phi) is 6.22. The van der Waals surface area contributed by atoms with Gasteiger partial charge in [-0.1, -0.05) is 18.2 Å². The molecule has 0 unspecified atom stereocenters. The molecule has 7 nitrogen and oxygen atoms in total. The van der Waals surface area contributed by atoms with Crippen LogP contribution in [0.5, 0.6) is 0 Å². The summed E-state index contributed by atoms with van der Waals surface area (Å²) in [6.45, 7) is 5.12. The first-order chi connectivity index (χ1) is 13.6. The van der Waals surface area contributed by atoms with Gasteiger partial charge in [0.2, 0.25) is 5.91 Å². The van der Waals surface area contributed by atoms with Crippen molar-refractivity contribution in [2.75, 3.05) is 5.32 Å². The van der Waals surface area contributed by atoms with Crippen LogP contribution in [0.2, 0.25) is 0 Å². The maximum absolute atomic E-state index is 12.5. The van der Waals surface area contributed by atoms with Crippen LogP contribution in [0, 0.1) is 25.2 Å². The number of carbonyl (C=O) groups excluding carboxylic acids is 1. The number of nitrogens with one attached hydrogen (secondary N) is 1. The Bertz CT molecular complexity index is 981. The van der Waals surface area contributed by atoms with Crippen LogP contribution in [0.25, 0.3) is 0 Å². The Morgan fingerprint density at radius 1 is 1.25 bits per heavy atom. The second-order valence-corrected chi connectivity index (χ2v) is 6.69. The molecule has 0 saturated heterocycles. The lowest BCUT2D eigenvalue weighted by atomic mass is 10.1. The molecule has 3 rings (SSSR count). The topological polar surface area (TPSA) is 88.5 Å². The summed E-state index contributed by atoms with van der Waals surface area (Å²) in [4.78, 5) is 12.5. The number of rotatable bonds is 8. The van der Waals surface area contributed by atoms with E-state index in [1.807, 2.05) is 59.7 Å². The minimum absolute atomic E-state index is 0.0310. The number of nitriles is 1. The molecule has 2 heterocycles. The van der Waals surface area contributed by atoms with E-state index in [2.05, 4.69) is 21.6 Å². The van der Waals surface area contributed by atoms with Crippen LogP contribution in [-0.4, -0.2) is 25.5 Å². The number of carbonyl (C=O) groups is 1. The van der Waals surface area contributed by atoms with Gasteiger partial charge in [-0.2, -0.15) is 15.5 Å². The van der Waals surface area contributed by atoms with Gasteiger partial charge in [-0.05, 0) is 43.5 Å². The SMILES string of the molecule is Cc1nn(CCC#N)c(C)c1CCC(=O)Nc1ccccc1Cn1cccn1. The molecule has 0 fully saturated rings. The van der Waals surface area contributed by atoms with Crippen molar-refractivity contribution in [3.63, 3.8) is 0 Å². The van der Waals surface area contributed by atoms with Gasteiger partial charge in [0.05, 0.1) is 31.3 Å². The van der Waals surface area contributed by atoms with E-state index >= 15 is 0 Å². The van der Waals surface area contributed by atoms with Gasteiger partial charge in [-0.25, -0.2) is 0 Å². The molecule has 0 spiro atoms. The third kappa shape index (κ3) is 4.65. The second kappa shape index (κ2) is 9.00. The summed E-state index contributed by atoms with van der Waals surface area (Å²) in [7, 11) is 0. The molecule has 0 atom stereocenters. The second-order valence-electron chi connectivity index (χ2n) is 6.69. The summed E-state index contributed by atoms with van der Waals surface area (Å²) >= 11 is 0. The summed E-state index contributed by atoms with van der Waals surface area (Å²) in [5, 5.41) is 20.5. The van der Waals surface area contributed by atoms with Crippen molar-refractivity contribution in [1.29, 1.82) is 5.26 Å². The highest BCUT2D eigenvalue weighted by Crippen LogP contribution is 2.19. The van der Waals surface area contributed by atoms with Crippen molar-refractivity contribution in [3.8, 4) is 6.07 Å². The van der Waals surface area contributed by atoms with E-state index in [4.69, 9.17) is 5.26 Å². The largest absolute Gasteiger partial charge is 0.326 e. The average Bonchev–Trinajstić information content (AvgIpc) is 3.28. The van der Waals surface area contributed by atoms with Crippen molar-refractivity contribution in [1.82, 2.24) is 19.6 Å². The highest BCUT2D eigenvalue weighted by atomic mass is 16.1. The molecule has 144 valence electrons. The van der Waals surface area contributed by atoms with Crippen LogP contribution in [0.3, 0.4) is 0 Å². The summed E-state index contributed by atoms with van der Waals surface area (Å²) < 4.78 is 3.68. The highest BCUT2D eigenvalue weighted by molar-refractivity contribution is 5.91. The number of benzene rings is 1. The molecule has 2 aromatic heterocycles. The first-order valence-corrected chi connectivity index (χ1v) is 9.33. The van der Waals surface area contributed by atoms with Crippen LogP contribution in [0.15, 0.2) is 42.7 Å². The maximum Gasteiger partial charge on any atom is 0.224 e. The Morgan fingerprint density at radius 2 is 2.07 bits per heavy atom. The van der Waals surface area contributed by atoms with E-state index in [1.54, 1.807) is 6.20 Å². The molecule has 0 aliphatic carbocycles. The van der Waals surface area contributed by atoms with Crippen LogP contribution >= 0.6 is 0 Å². The van der Waals surface area contributed by atoms with Crippen LogP contribution in [0.1, 0.15) is 35.4 Å². The van der Waals surface area contributed by atoms with Gasteiger partial charge in [-0.15, -0.1) is 0 Å². The molecule has 0 aliphatic rings. The predicted octanol–water partition coefficient (Wildman–Crippen LogP) is 3.23. The van der Waals surface area contributed by atoms with Crippen LogP contribution < -0.4 is 5.32 Å². The van der Waals surface area contributed by atoms with Crippen molar-refractivity contribution in [2.24, 2.45) is 0 Å². The van der Waals surface area contributed by atoms with Gasteiger partial charge in [0.25, 0.3) is 0 Å². The number of nitrogens with zero attached hydrogens (tertiary/aromatic N) is 5. The standard InChI is InChI=1S/C21H24N6O/c1-16-19(17(2)27(25-16)14-5-11-22)9-10-21(28)24-20-8-4-3-7-18(20)15-26-13-6-12-23-26/h3-4,6-8,12-13H,5,9-10,14-15H2,1-2H3,(H,24,28). The molecule has 1 aromatic carbocycles. The molecule has 7 heteroatoms. The quantitative estimate of drug-likeness (QED) is 0.654. The highest BCUT2D eigenvalue weighted by Gasteiger charge is 2.14. The zero-order valence-corrected chi connectivity index (χ0v) is 16.2. The minimum atomic E-state index is -0.0310. The molecule has 0 saturated carbocycles. The monoisotopic (exact) mass is 376 g/mol. The van der Waals surface area contributed by atoms with Gasteiger partial charge in [-0.3, -0.25) is 14.2 Å². The Hall–Kier alpha value is -3.40. The average molecular weight is 376 g/mol. The fraction of sp³-hybridized carbons (Fsp3) is 0.333. The zero-order chi connectivity index (χ0) is 19.9. The van der Waals surface area contributed by atoms with E-state index in [-0.39, 0.29) is 5.91 Å². The number of para-hydroxylation sites is 1. The predicted molar refractivity (Wildman–Crippen MR) is 107 cm³/mol. The number of anilines is 1. The summed E-state index contributed by atoms with van der Waals surface area (Å²) in [5.41, 5.74) is 4.84. The lowest BCUT2D eigenvalue weighted by molar-refractivity contribution is -0.116.